The summed E-state index contributed by atoms with van der Waals surface area (Å²) in [4.78, 5) is 24.4. The Morgan fingerprint density at radius 3 is 2.68 bits per heavy atom. The number of carbonyl (C=O) groups is 2. The average molecular weight is 327 g/mol. The van der Waals surface area contributed by atoms with Gasteiger partial charge in [-0.15, -0.1) is 0 Å². The highest BCUT2D eigenvalue weighted by molar-refractivity contribution is 9.10. The van der Waals surface area contributed by atoms with Crippen LogP contribution in [0.4, 0.5) is 5.69 Å². The minimum absolute atomic E-state index is 0.0107. The van der Waals surface area contributed by atoms with E-state index in [9.17, 15) is 9.59 Å². The zero-order valence-corrected chi connectivity index (χ0v) is 12.1. The first-order chi connectivity index (χ1) is 8.97. The Labute approximate surface area is 119 Å². The van der Waals surface area contributed by atoms with E-state index in [1.165, 1.54) is 6.07 Å². The van der Waals surface area contributed by atoms with Gasteiger partial charge in [0.2, 0.25) is 5.91 Å². The van der Waals surface area contributed by atoms with Gasteiger partial charge in [-0.3, -0.25) is 4.79 Å². The summed E-state index contributed by atoms with van der Waals surface area (Å²) in [5, 5.41) is 11.9. The number of nitrogens with one attached hydrogen (secondary N) is 1. The molecule has 1 aliphatic carbocycles. The average Bonchev–Trinajstić information content (AvgIpc) is 3.11. The minimum atomic E-state index is -0.979. The molecule has 5 nitrogen and oxygen atoms in total. The van der Waals surface area contributed by atoms with Gasteiger partial charge < -0.3 is 15.3 Å². The SMILES string of the molecule is CN(CC(=O)NC1CC1)c1ccc(C(=O)O)c(Br)c1. The second-order valence-corrected chi connectivity index (χ2v) is 5.52. The molecule has 1 amide bonds. The number of anilines is 1. The minimum Gasteiger partial charge on any atom is -0.478 e. The molecule has 0 atom stereocenters. The molecule has 0 aromatic heterocycles. The van der Waals surface area contributed by atoms with Crippen molar-refractivity contribution < 1.29 is 14.7 Å². The molecule has 2 N–H and O–H groups in total. The van der Waals surface area contributed by atoms with Gasteiger partial charge in [-0.05, 0) is 47.0 Å². The van der Waals surface area contributed by atoms with E-state index in [0.29, 0.717) is 10.5 Å². The Morgan fingerprint density at radius 1 is 1.47 bits per heavy atom. The molecule has 1 saturated carbocycles. The van der Waals surface area contributed by atoms with E-state index < -0.39 is 5.97 Å². The molecule has 0 spiro atoms. The lowest BCUT2D eigenvalue weighted by Gasteiger charge is -2.19. The van der Waals surface area contributed by atoms with Crippen LogP contribution in [-0.4, -0.2) is 36.6 Å². The molecule has 1 aromatic rings. The Kier molecular flexibility index (Phi) is 4.09. The highest BCUT2D eigenvalue weighted by Gasteiger charge is 2.23. The molecule has 19 heavy (non-hydrogen) atoms. The van der Waals surface area contributed by atoms with Gasteiger partial charge in [0.05, 0.1) is 12.1 Å². The van der Waals surface area contributed by atoms with Crippen LogP contribution in [0, 0.1) is 0 Å². The largest absolute Gasteiger partial charge is 0.478 e. The molecular weight excluding hydrogens is 312 g/mol. The summed E-state index contributed by atoms with van der Waals surface area (Å²) >= 11 is 3.22. The van der Waals surface area contributed by atoms with Gasteiger partial charge in [0, 0.05) is 23.2 Å². The van der Waals surface area contributed by atoms with Crippen molar-refractivity contribution in [1.29, 1.82) is 0 Å². The molecule has 1 aliphatic rings. The number of halogens is 1. The maximum absolute atomic E-state index is 11.7. The molecule has 0 heterocycles. The van der Waals surface area contributed by atoms with Crippen molar-refractivity contribution in [3.63, 3.8) is 0 Å². The number of hydrogen-bond donors (Lipinski definition) is 2. The van der Waals surface area contributed by atoms with Gasteiger partial charge in [-0.2, -0.15) is 0 Å². The van der Waals surface area contributed by atoms with Gasteiger partial charge >= 0.3 is 5.97 Å². The lowest BCUT2D eigenvalue weighted by Crippen LogP contribution is -2.36. The summed E-state index contributed by atoms with van der Waals surface area (Å²) in [5.74, 6) is -0.990. The van der Waals surface area contributed by atoms with Gasteiger partial charge in [0.1, 0.15) is 0 Å². The molecule has 1 aromatic carbocycles. The fourth-order valence-corrected chi connectivity index (χ4v) is 2.26. The number of carboxylic acids is 1. The summed E-state index contributed by atoms with van der Waals surface area (Å²) in [7, 11) is 1.80. The third kappa shape index (κ3) is 3.70. The Balaban J connectivity index is 2.01. The summed E-state index contributed by atoms with van der Waals surface area (Å²) < 4.78 is 0.506. The molecule has 6 heteroatoms. The molecule has 0 radical (unpaired) electrons. The number of carbonyl (C=O) groups excluding carboxylic acids is 1. The lowest BCUT2D eigenvalue weighted by atomic mass is 10.2. The van der Waals surface area contributed by atoms with Crippen molar-refractivity contribution in [2.75, 3.05) is 18.5 Å². The molecule has 0 aliphatic heterocycles. The number of benzene rings is 1. The Hall–Kier alpha value is -1.56. The monoisotopic (exact) mass is 326 g/mol. The fourth-order valence-electron chi connectivity index (χ4n) is 1.72. The van der Waals surface area contributed by atoms with Crippen LogP contribution in [0.25, 0.3) is 0 Å². The van der Waals surface area contributed by atoms with E-state index in [0.717, 1.165) is 18.5 Å². The normalized spacial score (nSPS) is 14.0. The van der Waals surface area contributed by atoms with Crippen LogP contribution in [0.5, 0.6) is 0 Å². The van der Waals surface area contributed by atoms with E-state index in [4.69, 9.17) is 5.11 Å². The van der Waals surface area contributed by atoms with Crippen LogP contribution in [0.1, 0.15) is 23.2 Å². The molecule has 1 fully saturated rings. The molecule has 0 bridgehead atoms. The van der Waals surface area contributed by atoms with Crippen molar-refractivity contribution in [3.8, 4) is 0 Å². The van der Waals surface area contributed by atoms with Gasteiger partial charge in [-0.25, -0.2) is 4.79 Å². The Bertz CT molecular complexity index is 515. The van der Waals surface area contributed by atoms with Crippen molar-refractivity contribution in [1.82, 2.24) is 5.32 Å². The van der Waals surface area contributed by atoms with Crippen molar-refractivity contribution >= 4 is 33.5 Å². The number of nitrogens with zero attached hydrogens (tertiary/aromatic N) is 1. The predicted octanol–water partition coefficient (Wildman–Crippen LogP) is 1.86. The second kappa shape index (κ2) is 5.61. The van der Waals surface area contributed by atoms with E-state index in [2.05, 4.69) is 21.2 Å². The zero-order chi connectivity index (χ0) is 14.0. The van der Waals surface area contributed by atoms with Crippen molar-refractivity contribution in [3.05, 3.63) is 28.2 Å². The molecular formula is C13H15BrN2O3. The fraction of sp³-hybridized carbons (Fsp3) is 0.385. The summed E-state index contributed by atoms with van der Waals surface area (Å²) in [6.07, 6.45) is 2.13. The summed E-state index contributed by atoms with van der Waals surface area (Å²) in [5.41, 5.74) is 1.00. The molecule has 0 saturated heterocycles. The number of carboxylic acid groups (broad SMARTS) is 1. The maximum atomic E-state index is 11.7. The number of amides is 1. The van der Waals surface area contributed by atoms with Crippen LogP contribution in [0.2, 0.25) is 0 Å². The lowest BCUT2D eigenvalue weighted by molar-refractivity contribution is -0.119. The second-order valence-electron chi connectivity index (χ2n) is 4.67. The summed E-state index contributed by atoms with van der Waals surface area (Å²) in [6.45, 7) is 0.259. The first-order valence-corrected chi connectivity index (χ1v) is 6.80. The van der Waals surface area contributed by atoms with E-state index >= 15 is 0 Å². The number of aromatic carboxylic acids is 1. The van der Waals surface area contributed by atoms with E-state index in [-0.39, 0.29) is 18.0 Å². The highest BCUT2D eigenvalue weighted by Crippen LogP contribution is 2.24. The van der Waals surface area contributed by atoms with Gasteiger partial charge in [0.25, 0.3) is 0 Å². The quantitative estimate of drug-likeness (QED) is 0.866. The molecule has 102 valence electrons. The number of rotatable bonds is 5. The van der Waals surface area contributed by atoms with Gasteiger partial charge in [0.15, 0.2) is 0 Å². The standard InChI is InChI=1S/C13H15BrN2O3/c1-16(7-12(17)15-8-2-3-8)9-4-5-10(13(18)19)11(14)6-9/h4-6,8H,2-3,7H2,1H3,(H,15,17)(H,18,19). The zero-order valence-electron chi connectivity index (χ0n) is 10.5. The number of hydrogen-bond acceptors (Lipinski definition) is 3. The maximum Gasteiger partial charge on any atom is 0.336 e. The van der Waals surface area contributed by atoms with Crippen LogP contribution in [0.3, 0.4) is 0 Å². The first kappa shape index (κ1) is 13.9. The summed E-state index contributed by atoms with van der Waals surface area (Å²) in [6, 6.07) is 5.27. The van der Waals surface area contributed by atoms with Crippen LogP contribution in [-0.2, 0) is 4.79 Å². The predicted molar refractivity (Wildman–Crippen MR) is 75.5 cm³/mol. The molecule has 0 unspecified atom stereocenters. The van der Waals surface area contributed by atoms with Crippen LogP contribution >= 0.6 is 15.9 Å². The first-order valence-electron chi connectivity index (χ1n) is 6.00. The smallest absolute Gasteiger partial charge is 0.336 e. The van der Waals surface area contributed by atoms with Crippen LogP contribution in [0.15, 0.2) is 22.7 Å². The highest BCUT2D eigenvalue weighted by atomic mass is 79.9. The topological polar surface area (TPSA) is 69.6 Å². The van der Waals surface area contributed by atoms with E-state index in [1.807, 2.05) is 0 Å². The van der Waals surface area contributed by atoms with Gasteiger partial charge in [-0.1, -0.05) is 0 Å². The van der Waals surface area contributed by atoms with Crippen LogP contribution < -0.4 is 10.2 Å². The third-order valence-corrected chi connectivity index (χ3v) is 3.60. The van der Waals surface area contributed by atoms with E-state index in [1.54, 1.807) is 24.1 Å². The van der Waals surface area contributed by atoms with Crippen molar-refractivity contribution in [2.45, 2.75) is 18.9 Å². The Morgan fingerprint density at radius 2 is 2.16 bits per heavy atom. The number of likely N-dealkylation sites (N-methyl/N-ethyl adjacent to an activating group) is 1. The van der Waals surface area contributed by atoms with Crippen molar-refractivity contribution in [2.24, 2.45) is 0 Å². The third-order valence-electron chi connectivity index (χ3n) is 2.95. The molecule has 2 rings (SSSR count).